The SMILES string of the molecule is CCOC(=O)C1CCCN(C(C)C(=O)Nc2ccc(OC)c(OC)c2)C1. The molecule has 2 unspecified atom stereocenters. The van der Waals surface area contributed by atoms with Crippen molar-refractivity contribution in [3.8, 4) is 11.5 Å². The van der Waals surface area contributed by atoms with E-state index in [0.717, 1.165) is 19.4 Å². The van der Waals surface area contributed by atoms with Crippen molar-refractivity contribution in [2.45, 2.75) is 32.7 Å². The molecule has 1 aliphatic heterocycles. The number of methoxy groups -OCH3 is 2. The predicted molar refractivity (Wildman–Crippen MR) is 98.6 cm³/mol. The number of nitrogens with one attached hydrogen (secondary N) is 1. The van der Waals surface area contributed by atoms with Crippen LogP contribution in [0.25, 0.3) is 0 Å². The van der Waals surface area contributed by atoms with Gasteiger partial charge in [-0.05, 0) is 45.4 Å². The summed E-state index contributed by atoms with van der Waals surface area (Å²) in [5.41, 5.74) is 0.637. The van der Waals surface area contributed by atoms with Crippen molar-refractivity contribution in [3.63, 3.8) is 0 Å². The number of piperidine rings is 1. The van der Waals surface area contributed by atoms with Gasteiger partial charge in [0.2, 0.25) is 5.91 Å². The molecular weight excluding hydrogens is 336 g/mol. The Morgan fingerprint density at radius 1 is 1.27 bits per heavy atom. The third kappa shape index (κ3) is 4.88. The molecule has 0 aromatic heterocycles. The third-order valence-electron chi connectivity index (χ3n) is 4.65. The maximum Gasteiger partial charge on any atom is 0.310 e. The maximum atomic E-state index is 12.6. The molecule has 1 saturated heterocycles. The molecule has 1 fully saturated rings. The van der Waals surface area contributed by atoms with Gasteiger partial charge < -0.3 is 19.5 Å². The summed E-state index contributed by atoms with van der Waals surface area (Å²) >= 11 is 0. The van der Waals surface area contributed by atoms with Crippen molar-refractivity contribution in [3.05, 3.63) is 18.2 Å². The average Bonchev–Trinajstić information content (AvgIpc) is 2.67. The molecule has 7 nitrogen and oxygen atoms in total. The Morgan fingerprint density at radius 3 is 2.65 bits per heavy atom. The van der Waals surface area contributed by atoms with E-state index in [4.69, 9.17) is 14.2 Å². The Bertz CT molecular complexity index is 634. The van der Waals surface area contributed by atoms with Crippen molar-refractivity contribution >= 4 is 17.6 Å². The molecule has 1 amide bonds. The lowest BCUT2D eigenvalue weighted by atomic mass is 9.97. The van der Waals surface area contributed by atoms with Crippen LogP contribution >= 0.6 is 0 Å². The molecule has 1 aliphatic rings. The molecule has 2 atom stereocenters. The summed E-state index contributed by atoms with van der Waals surface area (Å²) in [5, 5.41) is 2.90. The van der Waals surface area contributed by atoms with Crippen LogP contribution in [0.5, 0.6) is 11.5 Å². The zero-order valence-corrected chi connectivity index (χ0v) is 15.9. The lowest BCUT2D eigenvalue weighted by Gasteiger charge is -2.35. The minimum atomic E-state index is -0.347. The molecule has 0 radical (unpaired) electrons. The topological polar surface area (TPSA) is 77.1 Å². The quantitative estimate of drug-likeness (QED) is 0.748. The number of anilines is 1. The largest absolute Gasteiger partial charge is 0.493 e. The molecule has 0 spiro atoms. The molecule has 26 heavy (non-hydrogen) atoms. The first-order valence-corrected chi connectivity index (χ1v) is 8.93. The Morgan fingerprint density at radius 2 is 2.00 bits per heavy atom. The monoisotopic (exact) mass is 364 g/mol. The molecule has 0 bridgehead atoms. The highest BCUT2D eigenvalue weighted by Gasteiger charge is 2.31. The molecule has 1 N–H and O–H groups in total. The van der Waals surface area contributed by atoms with E-state index in [1.807, 2.05) is 11.8 Å². The van der Waals surface area contributed by atoms with Crippen LogP contribution in [-0.4, -0.2) is 56.7 Å². The highest BCUT2D eigenvalue weighted by Crippen LogP contribution is 2.30. The van der Waals surface area contributed by atoms with Crippen LogP contribution in [0.4, 0.5) is 5.69 Å². The number of benzene rings is 1. The van der Waals surface area contributed by atoms with Gasteiger partial charge in [0.25, 0.3) is 0 Å². The van der Waals surface area contributed by atoms with E-state index < -0.39 is 0 Å². The van der Waals surface area contributed by atoms with Crippen molar-refractivity contribution in [2.75, 3.05) is 39.2 Å². The number of ether oxygens (including phenoxy) is 3. The Kier molecular flexibility index (Phi) is 7.26. The first-order valence-electron chi connectivity index (χ1n) is 8.93. The zero-order valence-electron chi connectivity index (χ0n) is 15.9. The molecule has 1 heterocycles. The second-order valence-electron chi connectivity index (χ2n) is 6.32. The normalized spacial score (nSPS) is 18.7. The van der Waals surface area contributed by atoms with Gasteiger partial charge in [-0.15, -0.1) is 0 Å². The molecule has 0 saturated carbocycles. The first-order chi connectivity index (χ1) is 12.5. The summed E-state index contributed by atoms with van der Waals surface area (Å²) < 4.78 is 15.6. The predicted octanol–water partition coefficient (Wildman–Crippen LogP) is 2.31. The van der Waals surface area contributed by atoms with Crippen LogP contribution in [0.15, 0.2) is 18.2 Å². The van der Waals surface area contributed by atoms with E-state index in [1.54, 1.807) is 39.3 Å². The second kappa shape index (κ2) is 9.43. The van der Waals surface area contributed by atoms with Crippen molar-refractivity contribution < 1.29 is 23.8 Å². The van der Waals surface area contributed by atoms with Crippen LogP contribution < -0.4 is 14.8 Å². The van der Waals surface area contributed by atoms with E-state index in [9.17, 15) is 9.59 Å². The fourth-order valence-electron chi connectivity index (χ4n) is 3.14. The third-order valence-corrected chi connectivity index (χ3v) is 4.65. The highest BCUT2D eigenvalue weighted by atomic mass is 16.5. The summed E-state index contributed by atoms with van der Waals surface area (Å²) in [5.74, 6) is 0.691. The van der Waals surface area contributed by atoms with E-state index in [-0.39, 0.29) is 23.8 Å². The van der Waals surface area contributed by atoms with Gasteiger partial charge in [0.15, 0.2) is 11.5 Å². The van der Waals surface area contributed by atoms with E-state index in [0.29, 0.717) is 30.3 Å². The second-order valence-corrected chi connectivity index (χ2v) is 6.32. The summed E-state index contributed by atoms with van der Waals surface area (Å²) in [4.78, 5) is 26.6. The number of hydrogen-bond donors (Lipinski definition) is 1. The summed E-state index contributed by atoms with van der Waals surface area (Å²) in [7, 11) is 3.11. The Hall–Kier alpha value is -2.28. The fourth-order valence-corrected chi connectivity index (χ4v) is 3.14. The summed E-state index contributed by atoms with van der Waals surface area (Å²) in [6, 6.07) is 4.89. The van der Waals surface area contributed by atoms with Gasteiger partial charge in [-0.1, -0.05) is 0 Å². The molecule has 7 heteroatoms. The fraction of sp³-hybridized carbons (Fsp3) is 0.579. The molecule has 1 aromatic rings. The van der Waals surface area contributed by atoms with Crippen LogP contribution in [-0.2, 0) is 14.3 Å². The van der Waals surface area contributed by atoms with Gasteiger partial charge in [-0.25, -0.2) is 0 Å². The first kappa shape index (κ1) is 20.0. The Balaban J connectivity index is 1.99. The van der Waals surface area contributed by atoms with Gasteiger partial charge in [0.1, 0.15) is 0 Å². The minimum Gasteiger partial charge on any atom is -0.493 e. The average molecular weight is 364 g/mol. The zero-order chi connectivity index (χ0) is 19.1. The van der Waals surface area contributed by atoms with Crippen LogP contribution in [0.2, 0.25) is 0 Å². The van der Waals surface area contributed by atoms with Crippen LogP contribution in [0, 0.1) is 5.92 Å². The van der Waals surface area contributed by atoms with Gasteiger partial charge in [-0.3, -0.25) is 14.5 Å². The molecule has 1 aromatic carbocycles. The number of esters is 1. The molecule has 2 rings (SSSR count). The van der Waals surface area contributed by atoms with E-state index >= 15 is 0 Å². The van der Waals surface area contributed by atoms with Crippen molar-refractivity contribution in [2.24, 2.45) is 5.92 Å². The standard InChI is InChI=1S/C19H28N2O5/c1-5-26-19(23)14-7-6-10-21(12-14)13(2)18(22)20-15-8-9-16(24-3)17(11-15)25-4/h8-9,11,13-14H,5-7,10,12H2,1-4H3,(H,20,22). The molecule has 0 aliphatic carbocycles. The number of carbonyl (C=O) groups excluding carboxylic acids is 2. The van der Waals surface area contributed by atoms with Crippen molar-refractivity contribution in [1.82, 2.24) is 4.90 Å². The van der Waals surface area contributed by atoms with Crippen LogP contribution in [0.3, 0.4) is 0 Å². The number of nitrogens with zero attached hydrogens (tertiary/aromatic N) is 1. The number of amides is 1. The highest BCUT2D eigenvalue weighted by molar-refractivity contribution is 5.94. The number of rotatable bonds is 7. The summed E-state index contributed by atoms with van der Waals surface area (Å²) in [6.45, 7) is 5.36. The summed E-state index contributed by atoms with van der Waals surface area (Å²) in [6.07, 6.45) is 1.68. The molecular formula is C19H28N2O5. The van der Waals surface area contributed by atoms with E-state index in [2.05, 4.69) is 5.32 Å². The minimum absolute atomic E-state index is 0.123. The number of carbonyl (C=O) groups is 2. The smallest absolute Gasteiger partial charge is 0.310 e. The van der Waals surface area contributed by atoms with Crippen molar-refractivity contribution in [1.29, 1.82) is 0 Å². The van der Waals surface area contributed by atoms with Gasteiger partial charge in [0, 0.05) is 18.3 Å². The Labute approximate surface area is 154 Å². The van der Waals surface area contributed by atoms with Gasteiger partial charge >= 0.3 is 5.97 Å². The maximum absolute atomic E-state index is 12.6. The number of likely N-dealkylation sites (tertiary alicyclic amines) is 1. The van der Waals surface area contributed by atoms with E-state index in [1.165, 1.54) is 0 Å². The lowest BCUT2D eigenvalue weighted by Crippen LogP contribution is -2.48. The van der Waals surface area contributed by atoms with Crippen LogP contribution in [0.1, 0.15) is 26.7 Å². The van der Waals surface area contributed by atoms with Gasteiger partial charge in [0.05, 0.1) is 32.8 Å². The van der Waals surface area contributed by atoms with Gasteiger partial charge in [-0.2, -0.15) is 0 Å². The molecule has 144 valence electrons. The lowest BCUT2D eigenvalue weighted by molar-refractivity contribution is -0.150. The number of hydrogen-bond acceptors (Lipinski definition) is 6.